The van der Waals surface area contributed by atoms with Gasteiger partial charge in [-0.1, -0.05) is 12.1 Å². The number of ether oxygens (including phenoxy) is 1. The van der Waals surface area contributed by atoms with Crippen LogP contribution in [0.25, 0.3) is 16.8 Å². The number of hydrogen-bond acceptors (Lipinski definition) is 5. The molecule has 0 unspecified atom stereocenters. The third-order valence-electron chi connectivity index (χ3n) is 3.14. The van der Waals surface area contributed by atoms with Crippen molar-refractivity contribution < 1.29 is 14.6 Å². The molecule has 2 heterocycles. The van der Waals surface area contributed by atoms with E-state index in [1.807, 2.05) is 12.1 Å². The van der Waals surface area contributed by atoms with Gasteiger partial charge in [0.25, 0.3) is 5.56 Å². The van der Waals surface area contributed by atoms with Gasteiger partial charge >= 0.3 is 5.97 Å². The van der Waals surface area contributed by atoms with Crippen molar-refractivity contribution in [3.63, 3.8) is 0 Å². The molecule has 0 aliphatic carbocycles. The van der Waals surface area contributed by atoms with Crippen LogP contribution in [-0.2, 0) is 11.3 Å². The standard InChI is InChI=1S/C14H12N4O4/c1-22-10-4-2-3-9(5-10)11-6-12-14(21)17(7-13(19)20)15-8-18(12)16-11/h2-6,8H,7H2,1H3,(H,19,20). The van der Waals surface area contributed by atoms with Crippen LogP contribution in [0.15, 0.2) is 41.5 Å². The number of nitrogens with zero attached hydrogens (tertiary/aromatic N) is 4. The van der Waals surface area contributed by atoms with Crippen LogP contribution in [-0.4, -0.2) is 37.6 Å². The number of carboxylic acids is 1. The van der Waals surface area contributed by atoms with Gasteiger partial charge in [0.1, 0.15) is 24.1 Å². The van der Waals surface area contributed by atoms with Gasteiger partial charge in [0.15, 0.2) is 0 Å². The van der Waals surface area contributed by atoms with Gasteiger partial charge in [0.05, 0.1) is 12.8 Å². The molecule has 0 amide bonds. The van der Waals surface area contributed by atoms with Crippen molar-refractivity contribution in [3.8, 4) is 17.0 Å². The van der Waals surface area contributed by atoms with E-state index < -0.39 is 18.1 Å². The fraction of sp³-hybridized carbons (Fsp3) is 0.143. The highest BCUT2D eigenvalue weighted by Gasteiger charge is 2.12. The molecule has 0 aliphatic heterocycles. The minimum atomic E-state index is -1.13. The summed E-state index contributed by atoms with van der Waals surface area (Å²) >= 11 is 0. The van der Waals surface area contributed by atoms with Gasteiger partial charge in [-0.05, 0) is 18.2 Å². The second kappa shape index (κ2) is 5.32. The van der Waals surface area contributed by atoms with E-state index >= 15 is 0 Å². The van der Waals surface area contributed by atoms with Gasteiger partial charge in [-0.25, -0.2) is 9.20 Å². The molecular formula is C14H12N4O4. The summed E-state index contributed by atoms with van der Waals surface area (Å²) in [5.41, 5.74) is 1.11. The minimum absolute atomic E-state index is 0.258. The smallest absolute Gasteiger partial charge is 0.325 e. The summed E-state index contributed by atoms with van der Waals surface area (Å²) in [5, 5.41) is 16.8. The predicted molar refractivity (Wildman–Crippen MR) is 76.9 cm³/mol. The molecule has 0 spiro atoms. The van der Waals surface area contributed by atoms with Gasteiger partial charge < -0.3 is 9.84 Å². The van der Waals surface area contributed by atoms with Gasteiger partial charge in [0.2, 0.25) is 0 Å². The van der Waals surface area contributed by atoms with Crippen LogP contribution in [0, 0.1) is 0 Å². The van der Waals surface area contributed by atoms with Crippen molar-refractivity contribution in [2.24, 2.45) is 0 Å². The number of methoxy groups -OCH3 is 1. The predicted octanol–water partition coefficient (Wildman–Crippen LogP) is 0.651. The largest absolute Gasteiger partial charge is 0.497 e. The molecule has 1 aromatic carbocycles. The van der Waals surface area contributed by atoms with E-state index in [2.05, 4.69) is 10.2 Å². The Labute approximate surface area is 124 Å². The Bertz CT molecular complexity index is 913. The van der Waals surface area contributed by atoms with Crippen LogP contribution in [0.5, 0.6) is 5.75 Å². The van der Waals surface area contributed by atoms with Crippen LogP contribution in [0.1, 0.15) is 0 Å². The molecule has 0 bridgehead atoms. The first kappa shape index (κ1) is 13.8. The molecule has 8 nitrogen and oxygen atoms in total. The maximum absolute atomic E-state index is 12.2. The molecule has 0 saturated heterocycles. The average molecular weight is 300 g/mol. The Morgan fingerprint density at radius 1 is 1.36 bits per heavy atom. The van der Waals surface area contributed by atoms with Crippen molar-refractivity contribution >= 4 is 11.5 Å². The lowest BCUT2D eigenvalue weighted by molar-refractivity contribution is -0.138. The second-order valence-electron chi connectivity index (χ2n) is 4.58. The molecule has 112 valence electrons. The molecule has 3 rings (SSSR count). The minimum Gasteiger partial charge on any atom is -0.497 e. The Hall–Kier alpha value is -3.16. The van der Waals surface area contributed by atoms with Crippen molar-refractivity contribution in [3.05, 3.63) is 47.0 Å². The first-order valence-electron chi connectivity index (χ1n) is 6.40. The second-order valence-corrected chi connectivity index (χ2v) is 4.58. The summed E-state index contributed by atoms with van der Waals surface area (Å²) < 4.78 is 7.37. The van der Waals surface area contributed by atoms with Crippen molar-refractivity contribution in [1.29, 1.82) is 0 Å². The molecule has 0 radical (unpaired) electrons. The molecule has 0 atom stereocenters. The maximum atomic E-state index is 12.2. The van der Waals surface area contributed by atoms with Crippen molar-refractivity contribution in [2.45, 2.75) is 6.54 Å². The Morgan fingerprint density at radius 2 is 2.18 bits per heavy atom. The molecule has 8 heteroatoms. The third kappa shape index (κ3) is 2.41. The van der Waals surface area contributed by atoms with Gasteiger partial charge in [-0.15, -0.1) is 0 Å². The zero-order valence-electron chi connectivity index (χ0n) is 11.6. The molecule has 2 aromatic heterocycles. The quantitative estimate of drug-likeness (QED) is 0.759. The summed E-state index contributed by atoms with van der Waals surface area (Å²) in [6.45, 7) is -0.491. The van der Waals surface area contributed by atoms with E-state index in [0.717, 1.165) is 10.2 Å². The summed E-state index contributed by atoms with van der Waals surface area (Å²) in [7, 11) is 1.57. The van der Waals surface area contributed by atoms with E-state index in [1.54, 1.807) is 25.3 Å². The van der Waals surface area contributed by atoms with Crippen molar-refractivity contribution in [2.75, 3.05) is 7.11 Å². The van der Waals surface area contributed by atoms with Crippen LogP contribution >= 0.6 is 0 Å². The highest BCUT2D eigenvalue weighted by Crippen LogP contribution is 2.22. The Morgan fingerprint density at radius 3 is 2.91 bits per heavy atom. The Kier molecular flexibility index (Phi) is 3.34. The molecule has 0 fully saturated rings. The van der Waals surface area contributed by atoms with Gasteiger partial charge in [0, 0.05) is 5.56 Å². The van der Waals surface area contributed by atoms with Crippen molar-refractivity contribution in [1.82, 2.24) is 19.4 Å². The van der Waals surface area contributed by atoms with E-state index in [1.165, 1.54) is 10.8 Å². The number of hydrogen-bond donors (Lipinski definition) is 1. The number of rotatable bonds is 4. The van der Waals surface area contributed by atoms with E-state index in [4.69, 9.17) is 9.84 Å². The zero-order chi connectivity index (χ0) is 15.7. The molecule has 3 aromatic rings. The number of fused-ring (bicyclic) bond motifs is 1. The lowest BCUT2D eigenvalue weighted by Gasteiger charge is -2.01. The molecule has 0 saturated carbocycles. The van der Waals surface area contributed by atoms with E-state index in [9.17, 15) is 9.59 Å². The first-order chi connectivity index (χ1) is 10.6. The van der Waals surface area contributed by atoms with E-state index in [0.29, 0.717) is 11.4 Å². The lowest BCUT2D eigenvalue weighted by atomic mass is 10.1. The summed E-state index contributed by atoms with van der Waals surface area (Å²) in [5.74, 6) is -0.456. The lowest BCUT2D eigenvalue weighted by Crippen LogP contribution is -2.27. The number of carbonyl (C=O) groups is 1. The van der Waals surface area contributed by atoms with Crippen LogP contribution in [0.3, 0.4) is 0 Å². The number of benzene rings is 1. The van der Waals surface area contributed by atoms with Crippen LogP contribution in [0.4, 0.5) is 0 Å². The molecule has 1 N–H and O–H groups in total. The van der Waals surface area contributed by atoms with Gasteiger partial charge in [-0.3, -0.25) is 9.59 Å². The fourth-order valence-electron chi connectivity index (χ4n) is 2.10. The first-order valence-corrected chi connectivity index (χ1v) is 6.40. The Balaban J connectivity index is 2.11. The maximum Gasteiger partial charge on any atom is 0.325 e. The van der Waals surface area contributed by atoms with Crippen LogP contribution < -0.4 is 10.3 Å². The number of carboxylic acid groups (broad SMARTS) is 1. The SMILES string of the molecule is COc1cccc(-c2cc3c(=O)n(CC(=O)O)ncn3n2)c1. The van der Waals surface area contributed by atoms with Crippen LogP contribution in [0.2, 0.25) is 0 Å². The fourth-order valence-corrected chi connectivity index (χ4v) is 2.10. The van der Waals surface area contributed by atoms with E-state index in [-0.39, 0.29) is 5.52 Å². The summed E-state index contributed by atoms with van der Waals surface area (Å²) in [4.78, 5) is 22.9. The number of aromatic nitrogens is 4. The zero-order valence-corrected chi connectivity index (χ0v) is 11.6. The molecule has 22 heavy (non-hydrogen) atoms. The van der Waals surface area contributed by atoms with Gasteiger partial charge in [-0.2, -0.15) is 10.2 Å². The normalized spacial score (nSPS) is 10.8. The monoisotopic (exact) mass is 300 g/mol. The topological polar surface area (TPSA) is 98.7 Å². The average Bonchev–Trinajstić information content (AvgIpc) is 2.95. The molecule has 0 aliphatic rings. The number of aliphatic carboxylic acids is 1. The molecular weight excluding hydrogens is 288 g/mol. The third-order valence-corrected chi connectivity index (χ3v) is 3.14. The highest BCUT2D eigenvalue weighted by molar-refractivity contribution is 5.68. The summed E-state index contributed by atoms with van der Waals surface area (Å²) in [6, 6.07) is 8.86. The summed E-state index contributed by atoms with van der Waals surface area (Å²) in [6.07, 6.45) is 1.31. The highest BCUT2D eigenvalue weighted by atomic mass is 16.5.